The third kappa shape index (κ3) is 5.87. The highest BCUT2D eigenvalue weighted by molar-refractivity contribution is 6.01. The summed E-state index contributed by atoms with van der Waals surface area (Å²) in [5, 5.41) is 9.50. The second kappa shape index (κ2) is 12.4. The third-order valence-corrected chi connectivity index (χ3v) is 6.86. The van der Waals surface area contributed by atoms with E-state index in [1.807, 2.05) is 60.7 Å². The Morgan fingerprint density at radius 1 is 0.881 bits per heavy atom. The van der Waals surface area contributed by atoms with Crippen molar-refractivity contribution in [1.29, 1.82) is 0 Å². The Bertz CT molecular complexity index is 1650. The number of carbonyl (C=O) groups is 2. The predicted molar refractivity (Wildman–Crippen MR) is 154 cm³/mol. The van der Waals surface area contributed by atoms with Crippen LogP contribution in [0.5, 0.6) is 5.75 Å². The zero-order chi connectivity index (χ0) is 29.6. The number of ether oxygens (including phenoxy) is 1. The molecule has 1 atom stereocenters. The maximum Gasteiger partial charge on any atom is 0.270 e. The number of nitrogens with one attached hydrogen (secondary N) is 2. The van der Waals surface area contributed by atoms with Crippen molar-refractivity contribution in [3.63, 3.8) is 0 Å². The van der Waals surface area contributed by atoms with Crippen LogP contribution in [0, 0.1) is 11.6 Å². The molecule has 1 unspecified atom stereocenters. The number of nitrogens with zero attached hydrogens (tertiary/aromatic N) is 3. The number of amides is 2. The quantitative estimate of drug-likeness (QED) is 0.251. The van der Waals surface area contributed by atoms with E-state index < -0.39 is 35.4 Å². The van der Waals surface area contributed by atoms with Crippen molar-refractivity contribution >= 4 is 17.5 Å². The van der Waals surface area contributed by atoms with E-state index in [4.69, 9.17) is 4.74 Å². The van der Waals surface area contributed by atoms with Gasteiger partial charge >= 0.3 is 0 Å². The van der Waals surface area contributed by atoms with Crippen molar-refractivity contribution in [2.75, 3.05) is 12.4 Å². The second-order valence-electron chi connectivity index (χ2n) is 9.47. The van der Waals surface area contributed by atoms with Gasteiger partial charge in [0, 0.05) is 36.6 Å². The van der Waals surface area contributed by atoms with Crippen molar-refractivity contribution in [2.24, 2.45) is 7.05 Å². The number of hydrogen-bond acceptors (Lipinski definition) is 5. The van der Waals surface area contributed by atoms with Gasteiger partial charge in [0.15, 0.2) is 0 Å². The summed E-state index contributed by atoms with van der Waals surface area (Å²) >= 11 is 0. The number of carbonyl (C=O) groups excluding carboxylic acids is 2. The van der Waals surface area contributed by atoms with E-state index in [0.29, 0.717) is 0 Å². The Balaban J connectivity index is 1.54. The van der Waals surface area contributed by atoms with Crippen LogP contribution in [0.2, 0.25) is 0 Å². The minimum atomic E-state index is -1.18. The second-order valence-corrected chi connectivity index (χ2v) is 9.47. The Morgan fingerprint density at radius 3 is 2.05 bits per heavy atom. The lowest BCUT2D eigenvalue weighted by Crippen LogP contribution is -2.48. The monoisotopic (exact) mass is 567 g/mol. The van der Waals surface area contributed by atoms with Crippen LogP contribution in [0.3, 0.4) is 0 Å². The Morgan fingerprint density at radius 2 is 1.50 bits per heavy atom. The molecule has 8 nitrogen and oxygen atoms in total. The van der Waals surface area contributed by atoms with Crippen LogP contribution in [-0.2, 0) is 11.8 Å². The van der Waals surface area contributed by atoms with Gasteiger partial charge in [0.25, 0.3) is 5.91 Å². The molecule has 0 aliphatic heterocycles. The lowest BCUT2D eigenvalue weighted by molar-refractivity contribution is -0.118. The molecule has 0 spiro atoms. The molecule has 2 amide bonds. The smallest absolute Gasteiger partial charge is 0.270 e. The maximum atomic E-state index is 15.3. The van der Waals surface area contributed by atoms with E-state index in [-0.39, 0.29) is 28.3 Å². The number of rotatable bonds is 9. The Kier molecular flexibility index (Phi) is 8.33. The summed E-state index contributed by atoms with van der Waals surface area (Å²) in [4.78, 5) is 31.2. The van der Waals surface area contributed by atoms with Crippen molar-refractivity contribution in [1.82, 2.24) is 20.1 Å². The van der Waals surface area contributed by atoms with Crippen molar-refractivity contribution in [3.8, 4) is 16.9 Å². The number of methoxy groups -OCH3 is 1. The average molecular weight is 568 g/mol. The minimum Gasteiger partial charge on any atom is -0.494 e. The van der Waals surface area contributed by atoms with Gasteiger partial charge in [0.1, 0.15) is 29.1 Å². The summed E-state index contributed by atoms with van der Waals surface area (Å²) in [5.74, 6) is -3.47. The molecular formula is C32H27F2N5O3. The van der Waals surface area contributed by atoms with Gasteiger partial charge in [-0.2, -0.15) is 5.10 Å². The van der Waals surface area contributed by atoms with Crippen LogP contribution in [0.4, 0.5) is 14.5 Å². The summed E-state index contributed by atoms with van der Waals surface area (Å²) in [6.07, 6.45) is 4.22. The molecular weight excluding hydrogens is 540 g/mol. The molecule has 2 N–H and O–H groups in total. The molecule has 0 saturated carbocycles. The molecule has 2 aromatic heterocycles. The average Bonchev–Trinajstić information content (AvgIpc) is 3.43. The number of anilines is 1. The topological polar surface area (TPSA) is 98.1 Å². The summed E-state index contributed by atoms with van der Waals surface area (Å²) in [6, 6.07) is 22.3. The molecule has 212 valence electrons. The van der Waals surface area contributed by atoms with Gasteiger partial charge in [-0.1, -0.05) is 60.7 Å². The van der Waals surface area contributed by atoms with E-state index in [0.717, 1.165) is 23.3 Å². The highest BCUT2D eigenvalue weighted by Crippen LogP contribution is 2.35. The van der Waals surface area contributed by atoms with Gasteiger partial charge < -0.3 is 15.4 Å². The number of aromatic nitrogens is 3. The van der Waals surface area contributed by atoms with Crippen molar-refractivity contribution < 1.29 is 23.1 Å². The van der Waals surface area contributed by atoms with Crippen LogP contribution in [-0.4, -0.2) is 39.7 Å². The molecule has 2 heterocycles. The number of halogens is 2. The molecule has 0 aliphatic rings. The molecule has 3 aromatic carbocycles. The van der Waals surface area contributed by atoms with Gasteiger partial charge in [-0.3, -0.25) is 19.3 Å². The third-order valence-electron chi connectivity index (χ3n) is 6.86. The highest BCUT2D eigenvalue weighted by Gasteiger charge is 2.33. The molecule has 0 saturated heterocycles. The molecule has 0 radical (unpaired) electrons. The van der Waals surface area contributed by atoms with Gasteiger partial charge in [-0.25, -0.2) is 8.78 Å². The van der Waals surface area contributed by atoms with Crippen molar-refractivity contribution in [3.05, 3.63) is 132 Å². The fraction of sp³-hybridized carbons (Fsp3) is 0.125. The maximum absolute atomic E-state index is 15.3. The molecule has 5 rings (SSSR count). The zero-order valence-electron chi connectivity index (χ0n) is 22.8. The first-order valence-corrected chi connectivity index (χ1v) is 13.0. The number of hydrogen-bond donors (Lipinski definition) is 2. The van der Waals surface area contributed by atoms with E-state index in [2.05, 4.69) is 20.7 Å². The summed E-state index contributed by atoms with van der Waals surface area (Å²) in [6.45, 7) is 0. The first kappa shape index (κ1) is 28.2. The number of pyridine rings is 1. The van der Waals surface area contributed by atoms with Gasteiger partial charge in [-0.15, -0.1) is 0 Å². The first-order chi connectivity index (χ1) is 20.4. The van der Waals surface area contributed by atoms with Crippen molar-refractivity contribution in [2.45, 2.75) is 12.0 Å². The van der Waals surface area contributed by atoms with Crippen LogP contribution in [0.15, 0.2) is 104 Å². The molecule has 5 aromatic rings. The summed E-state index contributed by atoms with van der Waals surface area (Å²) in [5.41, 5.74) is 1.49. The first-order valence-electron chi connectivity index (χ1n) is 13.0. The fourth-order valence-corrected chi connectivity index (χ4v) is 4.88. The van der Waals surface area contributed by atoms with Crippen LogP contribution in [0.25, 0.3) is 11.1 Å². The van der Waals surface area contributed by atoms with Gasteiger partial charge in [-0.05, 0) is 35.4 Å². The Hall–Kier alpha value is -5.38. The highest BCUT2D eigenvalue weighted by atomic mass is 19.1. The zero-order valence-corrected chi connectivity index (χ0v) is 22.8. The number of aryl methyl sites for hydroxylation is 1. The standard InChI is InChI=1S/C32H27F2N5O3/c1-39-26(14-16-36-39)31(40)38-30(28(20-9-5-3-6-10-20)21-11-7-4-8-12-21)32(41)37-22-17-24(33)29(25(34)18-22)23-13-15-35-19-27(23)42-2/h3-19,28,30H,1-2H3,(H,37,41)(H,38,40). The molecule has 42 heavy (non-hydrogen) atoms. The summed E-state index contributed by atoms with van der Waals surface area (Å²) < 4.78 is 37.3. The van der Waals surface area contributed by atoms with Crippen LogP contribution >= 0.6 is 0 Å². The molecule has 0 bridgehead atoms. The normalized spacial score (nSPS) is 11.6. The molecule has 0 fully saturated rings. The lowest BCUT2D eigenvalue weighted by atomic mass is 9.84. The van der Waals surface area contributed by atoms with E-state index >= 15 is 8.78 Å². The van der Waals surface area contributed by atoms with Gasteiger partial charge in [0.05, 0.1) is 18.9 Å². The van der Waals surface area contributed by atoms with E-state index in [9.17, 15) is 9.59 Å². The summed E-state index contributed by atoms with van der Waals surface area (Å²) in [7, 11) is 2.99. The predicted octanol–water partition coefficient (Wildman–Crippen LogP) is 5.34. The minimum absolute atomic E-state index is 0.119. The molecule has 0 aliphatic carbocycles. The lowest BCUT2D eigenvalue weighted by Gasteiger charge is -2.28. The van der Waals surface area contributed by atoms with Crippen LogP contribution < -0.4 is 15.4 Å². The van der Waals surface area contributed by atoms with Crippen LogP contribution in [0.1, 0.15) is 27.5 Å². The fourth-order valence-electron chi connectivity index (χ4n) is 4.88. The Labute approximate surface area is 241 Å². The largest absolute Gasteiger partial charge is 0.494 e. The number of benzene rings is 3. The molecule has 10 heteroatoms. The van der Waals surface area contributed by atoms with Gasteiger partial charge in [0.2, 0.25) is 5.91 Å². The van der Waals surface area contributed by atoms with E-state index in [1.54, 1.807) is 7.05 Å². The SMILES string of the molecule is COc1cnccc1-c1c(F)cc(NC(=O)C(NC(=O)c2ccnn2C)C(c2ccccc2)c2ccccc2)cc1F. The van der Waals surface area contributed by atoms with E-state index in [1.165, 1.54) is 42.5 Å².